The van der Waals surface area contributed by atoms with Crippen molar-refractivity contribution in [2.75, 3.05) is 26.2 Å². The normalized spacial score (nSPS) is 20.3. The summed E-state index contributed by atoms with van der Waals surface area (Å²) in [4.78, 5) is 27.0. The van der Waals surface area contributed by atoms with Crippen LogP contribution in [0.4, 0.5) is 0 Å². The molecule has 1 aromatic carbocycles. The Bertz CT molecular complexity index is 838. The molecule has 0 bridgehead atoms. The highest BCUT2D eigenvalue weighted by Gasteiger charge is 2.25. The van der Waals surface area contributed by atoms with Crippen LogP contribution in [0.5, 0.6) is 0 Å². The van der Waals surface area contributed by atoms with Gasteiger partial charge in [0.2, 0.25) is 5.91 Å². The largest absolute Gasteiger partial charge is 0.342 e. The van der Waals surface area contributed by atoms with E-state index >= 15 is 0 Å². The van der Waals surface area contributed by atoms with E-state index in [2.05, 4.69) is 35.2 Å². The molecule has 0 radical (unpaired) electrons. The summed E-state index contributed by atoms with van der Waals surface area (Å²) < 4.78 is 0. The first-order chi connectivity index (χ1) is 14.6. The van der Waals surface area contributed by atoms with Crippen molar-refractivity contribution in [3.05, 3.63) is 58.7 Å². The number of hydrogen-bond acceptors (Lipinski definition) is 4. The van der Waals surface area contributed by atoms with E-state index in [0.29, 0.717) is 12.3 Å². The molecular formula is C25H34N4O. The molecule has 0 N–H and O–H groups in total. The summed E-state index contributed by atoms with van der Waals surface area (Å²) in [5.74, 6) is 1.55. The zero-order valence-electron chi connectivity index (χ0n) is 18.4. The second-order valence-electron chi connectivity index (χ2n) is 8.91. The Balaban J connectivity index is 1.43. The molecule has 2 aromatic rings. The number of likely N-dealkylation sites (tertiary alicyclic amines) is 2. The number of benzene rings is 1. The van der Waals surface area contributed by atoms with Gasteiger partial charge in [0, 0.05) is 49.0 Å². The van der Waals surface area contributed by atoms with Crippen LogP contribution in [0, 0.1) is 13.8 Å². The highest BCUT2D eigenvalue weighted by molar-refractivity contribution is 5.79. The van der Waals surface area contributed by atoms with Crippen molar-refractivity contribution in [1.29, 1.82) is 0 Å². The maximum atomic E-state index is 12.7. The number of carbonyl (C=O) groups is 1. The monoisotopic (exact) mass is 406 g/mol. The lowest BCUT2D eigenvalue weighted by molar-refractivity contribution is -0.131. The average Bonchev–Trinajstić information content (AvgIpc) is 2.77. The van der Waals surface area contributed by atoms with Gasteiger partial charge < -0.3 is 4.90 Å². The Kier molecular flexibility index (Phi) is 6.78. The van der Waals surface area contributed by atoms with Crippen molar-refractivity contribution < 1.29 is 4.79 Å². The van der Waals surface area contributed by atoms with Crippen molar-refractivity contribution in [3.63, 3.8) is 0 Å². The van der Waals surface area contributed by atoms with Crippen LogP contribution in [0.15, 0.2) is 30.3 Å². The van der Waals surface area contributed by atoms with E-state index in [4.69, 9.17) is 9.97 Å². The molecule has 0 aliphatic carbocycles. The van der Waals surface area contributed by atoms with Gasteiger partial charge in [-0.2, -0.15) is 0 Å². The van der Waals surface area contributed by atoms with E-state index in [1.54, 1.807) is 0 Å². The summed E-state index contributed by atoms with van der Waals surface area (Å²) in [5.41, 5.74) is 4.33. The molecule has 1 amide bonds. The van der Waals surface area contributed by atoms with Gasteiger partial charge >= 0.3 is 0 Å². The Morgan fingerprint density at radius 3 is 2.37 bits per heavy atom. The summed E-state index contributed by atoms with van der Waals surface area (Å²) in [6.07, 6.45) is 6.23. The van der Waals surface area contributed by atoms with Gasteiger partial charge in [0.25, 0.3) is 0 Å². The molecule has 5 heteroatoms. The fourth-order valence-corrected chi connectivity index (χ4v) is 4.86. The lowest BCUT2D eigenvalue weighted by atomic mass is 9.96. The topological polar surface area (TPSA) is 49.3 Å². The molecule has 0 unspecified atom stereocenters. The van der Waals surface area contributed by atoms with Crippen molar-refractivity contribution >= 4 is 5.91 Å². The van der Waals surface area contributed by atoms with E-state index in [0.717, 1.165) is 74.8 Å². The third kappa shape index (κ3) is 5.07. The Labute approximate surface area is 180 Å². The maximum absolute atomic E-state index is 12.7. The molecule has 5 nitrogen and oxygen atoms in total. The number of amides is 1. The number of aryl methyl sites for hydroxylation is 2. The van der Waals surface area contributed by atoms with Crippen LogP contribution in [-0.2, 0) is 17.8 Å². The molecular weight excluding hydrogens is 372 g/mol. The summed E-state index contributed by atoms with van der Waals surface area (Å²) >= 11 is 0. The number of aromatic nitrogens is 2. The van der Waals surface area contributed by atoms with Crippen LogP contribution >= 0.6 is 0 Å². The van der Waals surface area contributed by atoms with E-state index in [1.165, 1.54) is 18.4 Å². The molecule has 2 fully saturated rings. The predicted molar refractivity (Wildman–Crippen MR) is 119 cm³/mol. The number of nitrogens with zero attached hydrogens (tertiary/aromatic N) is 4. The molecule has 1 aromatic heterocycles. The van der Waals surface area contributed by atoms with E-state index in [1.807, 2.05) is 18.7 Å². The van der Waals surface area contributed by atoms with Crippen LogP contribution in [0.2, 0.25) is 0 Å². The Morgan fingerprint density at radius 2 is 1.67 bits per heavy atom. The van der Waals surface area contributed by atoms with Crippen LogP contribution in [0.25, 0.3) is 0 Å². The molecule has 4 rings (SSSR count). The van der Waals surface area contributed by atoms with Crippen molar-refractivity contribution in [2.45, 2.75) is 64.8 Å². The first-order valence-electron chi connectivity index (χ1n) is 11.5. The van der Waals surface area contributed by atoms with Gasteiger partial charge in [0.05, 0.1) is 6.42 Å². The first-order valence-corrected chi connectivity index (χ1v) is 11.5. The number of piperidine rings is 2. The minimum atomic E-state index is 0.226. The van der Waals surface area contributed by atoms with E-state index in [-0.39, 0.29) is 5.91 Å². The van der Waals surface area contributed by atoms with Crippen LogP contribution in [-0.4, -0.2) is 51.9 Å². The summed E-state index contributed by atoms with van der Waals surface area (Å²) in [6, 6.07) is 10.7. The average molecular weight is 407 g/mol. The van der Waals surface area contributed by atoms with E-state index in [9.17, 15) is 4.79 Å². The van der Waals surface area contributed by atoms with Gasteiger partial charge in [-0.3, -0.25) is 9.69 Å². The highest BCUT2D eigenvalue weighted by Crippen LogP contribution is 2.27. The Hall–Kier alpha value is -2.27. The lowest BCUT2D eigenvalue weighted by Gasteiger charge is -2.32. The predicted octanol–water partition coefficient (Wildman–Crippen LogP) is 4.03. The fraction of sp³-hybridized carbons (Fsp3) is 0.560. The fourth-order valence-electron chi connectivity index (χ4n) is 4.86. The standard InChI is InChI=1S/C25H34N4O/c1-19-23(16-24(30)29-14-7-4-8-15-29)20(2)27-25(26-19)22-12-9-13-28(18-22)17-21-10-5-3-6-11-21/h3,5-6,10-11,22H,4,7-9,12-18H2,1-2H3/t22-/m0/s1. The van der Waals surface area contributed by atoms with Gasteiger partial charge in [-0.1, -0.05) is 30.3 Å². The highest BCUT2D eigenvalue weighted by atomic mass is 16.2. The SMILES string of the molecule is Cc1nc([C@H]2CCCN(Cc3ccccc3)C2)nc(C)c1CC(=O)N1CCCCC1. The number of rotatable bonds is 5. The molecule has 3 heterocycles. The minimum absolute atomic E-state index is 0.226. The molecule has 2 saturated heterocycles. The van der Waals surface area contributed by atoms with Gasteiger partial charge in [-0.15, -0.1) is 0 Å². The van der Waals surface area contributed by atoms with Crippen LogP contribution < -0.4 is 0 Å². The van der Waals surface area contributed by atoms with Crippen molar-refractivity contribution in [2.24, 2.45) is 0 Å². The van der Waals surface area contributed by atoms with E-state index < -0.39 is 0 Å². The lowest BCUT2D eigenvalue weighted by Crippen LogP contribution is -2.37. The van der Waals surface area contributed by atoms with Crippen molar-refractivity contribution in [1.82, 2.24) is 19.8 Å². The molecule has 0 saturated carbocycles. The summed E-state index contributed by atoms with van der Waals surface area (Å²) in [5, 5.41) is 0. The smallest absolute Gasteiger partial charge is 0.227 e. The van der Waals surface area contributed by atoms with Gasteiger partial charge in [-0.05, 0) is 58.1 Å². The van der Waals surface area contributed by atoms with Crippen LogP contribution in [0.3, 0.4) is 0 Å². The molecule has 2 aliphatic rings. The third-order valence-electron chi connectivity index (χ3n) is 6.59. The molecule has 1 atom stereocenters. The second kappa shape index (κ2) is 9.69. The molecule has 30 heavy (non-hydrogen) atoms. The zero-order valence-corrected chi connectivity index (χ0v) is 18.4. The first kappa shape index (κ1) is 21.0. The number of carbonyl (C=O) groups excluding carboxylic acids is 1. The van der Waals surface area contributed by atoms with Gasteiger partial charge in [-0.25, -0.2) is 9.97 Å². The molecule has 160 valence electrons. The number of hydrogen-bond donors (Lipinski definition) is 0. The third-order valence-corrected chi connectivity index (χ3v) is 6.59. The second-order valence-corrected chi connectivity index (χ2v) is 8.91. The summed E-state index contributed by atoms with van der Waals surface area (Å²) in [7, 11) is 0. The Morgan fingerprint density at radius 1 is 0.967 bits per heavy atom. The van der Waals surface area contributed by atoms with Gasteiger partial charge in [0.15, 0.2) is 0 Å². The molecule has 2 aliphatic heterocycles. The minimum Gasteiger partial charge on any atom is -0.342 e. The van der Waals surface area contributed by atoms with Crippen LogP contribution in [0.1, 0.15) is 66.4 Å². The summed E-state index contributed by atoms with van der Waals surface area (Å²) in [6.45, 7) is 9.00. The zero-order chi connectivity index (χ0) is 20.9. The molecule has 0 spiro atoms. The van der Waals surface area contributed by atoms with Gasteiger partial charge in [0.1, 0.15) is 5.82 Å². The van der Waals surface area contributed by atoms with Crippen molar-refractivity contribution in [3.8, 4) is 0 Å². The maximum Gasteiger partial charge on any atom is 0.227 e. The quantitative estimate of drug-likeness (QED) is 0.752.